The Hall–Kier alpha value is -1.78. The van der Waals surface area contributed by atoms with Crippen molar-refractivity contribution in [1.82, 2.24) is 4.90 Å². The highest BCUT2D eigenvalue weighted by molar-refractivity contribution is 6.30. The molecule has 1 nitrogen and oxygen atoms in total. The van der Waals surface area contributed by atoms with Crippen molar-refractivity contribution in [3.8, 4) is 0 Å². The second kappa shape index (κ2) is 7.33. The van der Waals surface area contributed by atoms with Crippen LogP contribution in [0.2, 0.25) is 5.02 Å². The molecule has 0 atom stereocenters. The van der Waals surface area contributed by atoms with Crippen LogP contribution in [0.1, 0.15) is 35.1 Å². The van der Waals surface area contributed by atoms with E-state index >= 15 is 0 Å². The molecule has 2 aliphatic rings. The van der Waals surface area contributed by atoms with Gasteiger partial charge in [-0.2, -0.15) is 13.2 Å². The summed E-state index contributed by atoms with van der Waals surface area (Å²) in [7, 11) is 0. The normalized spacial score (nSPS) is 17.2. The smallest absolute Gasteiger partial charge is 0.299 e. The Kier molecular flexibility index (Phi) is 5.04. The summed E-state index contributed by atoms with van der Waals surface area (Å²) in [6.07, 6.45) is -0.454. The maximum atomic E-state index is 12.6. The second-order valence-corrected chi connectivity index (χ2v) is 7.82. The van der Waals surface area contributed by atoms with Crippen molar-refractivity contribution >= 4 is 17.2 Å². The standard InChI is InChI=1S/C22H21ClF3N/c23-19-8-5-16-12-17-14-27(11-9-20(17)21(16)13-19)10-1-2-15-3-6-18(7-4-15)22(24,25)26/h3-8,13H,1-2,9-12,14H2. The third kappa shape index (κ3) is 4.07. The first-order valence-electron chi connectivity index (χ1n) is 9.28. The Morgan fingerprint density at radius 3 is 2.56 bits per heavy atom. The average molecular weight is 392 g/mol. The van der Waals surface area contributed by atoms with Gasteiger partial charge < -0.3 is 0 Å². The summed E-state index contributed by atoms with van der Waals surface area (Å²) in [6.45, 7) is 2.97. The minimum absolute atomic E-state index is 0.581. The van der Waals surface area contributed by atoms with Gasteiger partial charge in [0.1, 0.15) is 0 Å². The molecule has 0 unspecified atom stereocenters. The van der Waals surface area contributed by atoms with Gasteiger partial charge in [0.05, 0.1) is 5.56 Å². The molecule has 27 heavy (non-hydrogen) atoms. The lowest BCUT2D eigenvalue weighted by molar-refractivity contribution is -0.137. The first-order valence-corrected chi connectivity index (χ1v) is 9.66. The van der Waals surface area contributed by atoms with E-state index in [-0.39, 0.29) is 0 Å². The monoisotopic (exact) mass is 391 g/mol. The molecule has 0 amide bonds. The van der Waals surface area contributed by atoms with Gasteiger partial charge >= 0.3 is 6.18 Å². The minimum Gasteiger partial charge on any atom is -0.299 e. The Balaban J connectivity index is 1.31. The van der Waals surface area contributed by atoms with Crippen LogP contribution in [0.5, 0.6) is 0 Å². The highest BCUT2D eigenvalue weighted by Gasteiger charge is 2.30. The van der Waals surface area contributed by atoms with Gasteiger partial charge in [-0.15, -0.1) is 0 Å². The van der Waals surface area contributed by atoms with E-state index in [1.165, 1.54) is 34.4 Å². The number of rotatable bonds is 4. The first kappa shape index (κ1) is 18.6. The SMILES string of the molecule is FC(F)(F)c1ccc(CCCN2CCC3=C(Cc4ccc(Cl)cc43)C2)cc1. The van der Waals surface area contributed by atoms with E-state index in [0.717, 1.165) is 55.9 Å². The molecule has 4 rings (SSSR count). The number of aryl methyl sites for hydroxylation is 1. The molecule has 0 fully saturated rings. The van der Waals surface area contributed by atoms with E-state index in [1.54, 1.807) is 12.1 Å². The van der Waals surface area contributed by atoms with Crippen molar-refractivity contribution in [3.63, 3.8) is 0 Å². The molecule has 1 heterocycles. The molecule has 0 saturated carbocycles. The quantitative estimate of drug-likeness (QED) is 0.617. The van der Waals surface area contributed by atoms with Crippen LogP contribution in [-0.2, 0) is 19.0 Å². The van der Waals surface area contributed by atoms with Gasteiger partial charge in [0.2, 0.25) is 0 Å². The molecule has 0 saturated heterocycles. The highest BCUT2D eigenvalue weighted by Crippen LogP contribution is 2.39. The summed E-state index contributed by atoms with van der Waals surface area (Å²) >= 11 is 6.15. The fourth-order valence-corrected chi connectivity index (χ4v) is 4.32. The molecule has 5 heteroatoms. The molecule has 2 aromatic carbocycles. The van der Waals surface area contributed by atoms with Gasteiger partial charge in [0.15, 0.2) is 0 Å². The number of hydrogen-bond donors (Lipinski definition) is 0. The maximum Gasteiger partial charge on any atom is 0.416 e. The van der Waals surface area contributed by atoms with Crippen molar-refractivity contribution < 1.29 is 13.2 Å². The molecule has 0 spiro atoms. The van der Waals surface area contributed by atoms with Crippen LogP contribution in [0.3, 0.4) is 0 Å². The predicted octanol–water partition coefficient (Wildman–Crippen LogP) is 6.01. The number of fused-ring (bicyclic) bond motifs is 2. The van der Waals surface area contributed by atoms with Crippen LogP contribution in [0.15, 0.2) is 48.0 Å². The van der Waals surface area contributed by atoms with E-state index < -0.39 is 11.7 Å². The Morgan fingerprint density at radius 1 is 1.04 bits per heavy atom. The Labute approximate surface area is 162 Å². The molecular weight excluding hydrogens is 371 g/mol. The van der Waals surface area contributed by atoms with Gasteiger partial charge in [0.25, 0.3) is 0 Å². The van der Waals surface area contributed by atoms with Gasteiger partial charge in [-0.05, 0) is 84.3 Å². The molecule has 2 aromatic rings. The number of nitrogens with zero attached hydrogens (tertiary/aromatic N) is 1. The van der Waals surface area contributed by atoms with E-state index in [9.17, 15) is 13.2 Å². The fraction of sp³-hybridized carbons (Fsp3) is 0.364. The van der Waals surface area contributed by atoms with Crippen LogP contribution in [0.25, 0.3) is 5.57 Å². The third-order valence-corrected chi connectivity index (χ3v) is 5.78. The maximum absolute atomic E-state index is 12.6. The summed E-state index contributed by atoms with van der Waals surface area (Å²) < 4.78 is 37.9. The zero-order valence-electron chi connectivity index (χ0n) is 15.0. The minimum atomic E-state index is -4.26. The van der Waals surface area contributed by atoms with Crippen molar-refractivity contribution in [2.45, 2.75) is 31.9 Å². The van der Waals surface area contributed by atoms with E-state index in [0.29, 0.717) is 0 Å². The second-order valence-electron chi connectivity index (χ2n) is 7.38. The summed E-state index contributed by atoms with van der Waals surface area (Å²) in [4.78, 5) is 2.45. The topological polar surface area (TPSA) is 3.24 Å². The molecule has 0 aromatic heterocycles. The molecular formula is C22H21ClF3N. The first-order chi connectivity index (χ1) is 12.9. The van der Waals surface area contributed by atoms with Crippen LogP contribution in [0.4, 0.5) is 13.2 Å². The van der Waals surface area contributed by atoms with Crippen LogP contribution in [0, 0.1) is 0 Å². The van der Waals surface area contributed by atoms with Crippen LogP contribution < -0.4 is 0 Å². The van der Waals surface area contributed by atoms with Crippen molar-refractivity contribution in [1.29, 1.82) is 0 Å². The summed E-state index contributed by atoms with van der Waals surface area (Å²) in [5, 5.41) is 0.793. The largest absolute Gasteiger partial charge is 0.416 e. The molecule has 142 valence electrons. The Bertz CT molecular complexity index is 868. The summed E-state index contributed by atoms with van der Waals surface area (Å²) in [6, 6.07) is 11.7. The summed E-state index contributed by atoms with van der Waals surface area (Å²) in [5.41, 5.74) is 6.03. The zero-order chi connectivity index (χ0) is 19.0. The lowest BCUT2D eigenvalue weighted by atomic mass is 9.99. The molecule has 1 aliphatic carbocycles. The van der Waals surface area contributed by atoms with Gasteiger partial charge in [-0.1, -0.05) is 29.8 Å². The van der Waals surface area contributed by atoms with Crippen molar-refractivity contribution in [3.05, 3.63) is 75.3 Å². The molecule has 0 bridgehead atoms. The van der Waals surface area contributed by atoms with Crippen LogP contribution >= 0.6 is 11.6 Å². The average Bonchev–Trinajstić information content (AvgIpc) is 2.98. The van der Waals surface area contributed by atoms with E-state index in [2.05, 4.69) is 17.0 Å². The fourth-order valence-electron chi connectivity index (χ4n) is 4.15. The van der Waals surface area contributed by atoms with Gasteiger partial charge in [-0.3, -0.25) is 4.90 Å². The summed E-state index contributed by atoms with van der Waals surface area (Å²) in [5.74, 6) is 0. The lowest BCUT2D eigenvalue weighted by Crippen LogP contribution is -2.32. The number of benzene rings is 2. The number of halogens is 4. The van der Waals surface area contributed by atoms with Crippen molar-refractivity contribution in [2.24, 2.45) is 0 Å². The Morgan fingerprint density at radius 2 is 1.81 bits per heavy atom. The number of hydrogen-bond acceptors (Lipinski definition) is 1. The third-order valence-electron chi connectivity index (χ3n) is 5.54. The van der Waals surface area contributed by atoms with Crippen molar-refractivity contribution in [2.75, 3.05) is 19.6 Å². The highest BCUT2D eigenvalue weighted by atomic mass is 35.5. The van der Waals surface area contributed by atoms with Gasteiger partial charge in [-0.25, -0.2) is 0 Å². The number of alkyl halides is 3. The molecule has 1 aliphatic heterocycles. The molecule has 0 N–H and O–H groups in total. The van der Waals surface area contributed by atoms with E-state index in [4.69, 9.17) is 11.6 Å². The van der Waals surface area contributed by atoms with Gasteiger partial charge in [0, 0.05) is 18.1 Å². The van der Waals surface area contributed by atoms with Crippen LogP contribution in [-0.4, -0.2) is 24.5 Å². The van der Waals surface area contributed by atoms with E-state index in [1.807, 2.05) is 6.07 Å². The molecule has 0 radical (unpaired) electrons. The zero-order valence-corrected chi connectivity index (χ0v) is 15.7. The lowest BCUT2D eigenvalue weighted by Gasteiger charge is -2.28. The predicted molar refractivity (Wildman–Crippen MR) is 103 cm³/mol.